The molecule has 1 saturated heterocycles. The molecule has 0 unspecified atom stereocenters. The van der Waals surface area contributed by atoms with Gasteiger partial charge in [0.1, 0.15) is 17.5 Å². The highest BCUT2D eigenvalue weighted by molar-refractivity contribution is 5.99. The number of para-hydroxylation sites is 2. The quantitative estimate of drug-likeness (QED) is 0.673. The summed E-state index contributed by atoms with van der Waals surface area (Å²) < 4.78 is 10.3. The van der Waals surface area contributed by atoms with E-state index < -0.39 is 12.1 Å². The molecule has 0 aliphatic carbocycles. The van der Waals surface area contributed by atoms with Gasteiger partial charge in [0.25, 0.3) is 0 Å². The summed E-state index contributed by atoms with van der Waals surface area (Å²) in [6.45, 7) is 0.599. The zero-order valence-corrected chi connectivity index (χ0v) is 16.8. The highest BCUT2D eigenvalue weighted by atomic mass is 16.5. The molecule has 9 heteroatoms. The zero-order valence-electron chi connectivity index (χ0n) is 16.8. The monoisotopic (exact) mass is 412 g/mol. The van der Waals surface area contributed by atoms with Gasteiger partial charge in [0, 0.05) is 18.8 Å². The molecule has 1 aliphatic rings. The highest BCUT2D eigenvalue weighted by Gasteiger charge is 2.35. The van der Waals surface area contributed by atoms with E-state index in [1.54, 1.807) is 55.6 Å². The Morgan fingerprint density at radius 3 is 2.50 bits per heavy atom. The summed E-state index contributed by atoms with van der Waals surface area (Å²) in [5, 5.41) is 8.20. The number of anilines is 2. The van der Waals surface area contributed by atoms with Crippen LogP contribution < -0.4 is 25.4 Å². The van der Waals surface area contributed by atoms with Gasteiger partial charge in [-0.1, -0.05) is 12.1 Å². The van der Waals surface area contributed by atoms with Crippen LogP contribution in [0.5, 0.6) is 11.5 Å². The number of carbonyl (C=O) groups is 3. The zero-order chi connectivity index (χ0) is 21.5. The summed E-state index contributed by atoms with van der Waals surface area (Å²) in [5.41, 5.74) is 1.06. The van der Waals surface area contributed by atoms with Crippen molar-refractivity contribution in [2.24, 2.45) is 0 Å². The fourth-order valence-corrected chi connectivity index (χ4v) is 3.16. The molecule has 3 rings (SSSR count). The Labute approximate surface area is 174 Å². The van der Waals surface area contributed by atoms with Crippen LogP contribution >= 0.6 is 0 Å². The fourth-order valence-electron chi connectivity index (χ4n) is 3.16. The lowest BCUT2D eigenvalue weighted by Gasteiger charge is -2.34. The molecule has 1 aliphatic heterocycles. The van der Waals surface area contributed by atoms with Gasteiger partial charge in [0.15, 0.2) is 0 Å². The van der Waals surface area contributed by atoms with Crippen molar-refractivity contribution in [3.63, 3.8) is 0 Å². The number of amides is 4. The number of hydrogen-bond acceptors (Lipinski definition) is 5. The highest BCUT2D eigenvalue weighted by Crippen LogP contribution is 2.24. The average molecular weight is 412 g/mol. The van der Waals surface area contributed by atoms with Crippen LogP contribution in [0.15, 0.2) is 48.5 Å². The molecule has 9 nitrogen and oxygen atoms in total. The Morgan fingerprint density at radius 1 is 1.07 bits per heavy atom. The summed E-state index contributed by atoms with van der Waals surface area (Å²) >= 11 is 0. The Balaban J connectivity index is 1.68. The van der Waals surface area contributed by atoms with Crippen molar-refractivity contribution in [2.75, 3.05) is 37.9 Å². The first-order valence-electron chi connectivity index (χ1n) is 9.44. The number of methoxy groups -OCH3 is 2. The maximum absolute atomic E-state index is 12.8. The van der Waals surface area contributed by atoms with Crippen molar-refractivity contribution in [1.29, 1.82) is 0 Å². The van der Waals surface area contributed by atoms with E-state index in [9.17, 15) is 14.4 Å². The predicted octanol–water partition coefficient (Wildman–Crippen LogP) is 2.06. The van der Waals surface area contributed by atoms with Gasteiger partial charge < -0.3 is 30.3 Å². The van der Waals surface area contributed by atoms with Crippen LogP contribution in [-0.4, -0.2) is 56.1 Å². The Hall–Kier alpha value is -3.75. The molecule has 1 atom stereocenters. The second-order valence-corrected chi connectivity index (χ2v) is 6.61. The average Bonchev–Trinajstić information content (AvgIpc) is 2.76. The lowest BCUT2D eigenvalue weighted by atomic mass is 10.1. The minimum absolute atomic E-state index is 0.169. The van der Waals surface area contributed by atoms with E-state index in [2.05, 4.69) is 16.0 Å². The van der Waals surface area contributed by atoms with E-state index in [1.807, 2.05) is 0 Å². The number of carbonyl (C=O) groups excluding carboxylic acids is 3. The van der Waals surface area contributed by atoms with Crippen LogP contribution in [0.25, 0.3) is 0 Å². The maximum Gasteiger partial charge on any atom is 0.322 e. The Kier molecular flexibility index (Phi) is 6.74. The van der Waals surface area contributed by atoms with Crippen LogP contribution in [0, 0.1) is 0 Å². The molecule has 2 aromatic carbocycles. The van der Waals surface area contributed by atoms with Crippen molar-refractivity contribution in [3.8, 4) is 11.5 Å². The lowest BCUT2D eigenvalue weighted by molar-refractivity contribution is -0.130. The molecule has 0 aromatic heterocycles. The molecule has 1 heterocycles. The van der Waals surface area contributed by atoms with E-state index in [1.165, 1.54) is 12.0 Å². The lowest BCUT2D eigenvalue weighted by Crippen LogP contribution is -2.59. The van der Waals surface area contributed by atoms with Gasteiger partial charge in [-0.2, -0.15) is 0 Å². The van der Waals surface area contributed by atoms with Gasteiger partial charge in [0.2, 0.25) is 11.8 Å². The summed E-state index contributed by atoms with van der Waals surface area (Å²) in [5.74, 6) is 0.415. The van der Waals surface area contributed by atoms with E-state index in [-0.39, 0.29) is 24.8 Å². The number of nitrogens with one attached hydrogen (secondary N) is 3. The molecule has 2 aromatic rings. The number of benzene rings is 2. The van der Waals surface area contributed by atoms with E-state index in [0.29, 0.717) is 29.4 Å². The number of urea groups is 1. The summed E-state index contributed by atoms with van der Waals surface area (Å²) in [6, 6.07) is 12.4. The van der Waals surface area contributed by atoms with Gasteiger partial charge in [-0.15, -0.1) is 0 Å². The van der Waals surface area contributed by atoms with Crippen molar-refractivity contribution < 1.29 is 23.9 Å². The van der Waals surface area contributed by atoms with Gasteiger partial charge in [-0.25, -0.2) is 4.79 Å². The predicted molar refractivity (Wildman–Crippen MR) is 112 cm³/mol. The van der Waals surface area contributed by atoms with Crippen molar-refractivity contribution in [2.45, 2.75) is 12.5 Å². The van der Waals surface area contributed by atoms with Gasteiger partial charge in [-0.05, 0) is 36.4 Å². The number of ether oxygens (including phenoxy) is 2. The first kappa shape index (κ1) is 21.0. The largest absolute Gasteiger partial charge is 0.497 e. The van der Waals surface area contributed by atoms with E-state index in [4.69, 9.17) is 9.47 Å². The molecule has 1 fully saturated rings. The van der Waals surface area contributed by atoms with Crippen LogP contribution in [0.1, 0.15) is 6.42 Å². The summed E-state index contributed by atoms with van der Waals surface area (Å²) in [4.78, 5) is 39.1. The number of nitrogens with zero attached hydrogens (tertiary/aromatic N) is 1. The maximum atomic E-state index is 12.8. The summed E-state index contributed by atoms with van der Waals surface area (Å²) in [6.07, 6.45) is -0.169. The van der Waals surface area contributed by atoms with Crippen LogP contribution in [-0.2, 0) is 9.59 Å². The second kappa shape index (κ2) is 9.64. The van der Waals surface area contributed by atoms with Crippen molar-refractivity contribution >= 4 is 29.2 Å². The Morgan fingerprint density at radius 2 is 1.80 bits per heavy atom. The minimum atomic E-state index is -0.924. The van der Waals surface area contributed by atoms with E-state index >= 15 is 0 Å². The van der Waals surface area contributed by atoms with Gasteiger partial charge >= 0.3 is 6.03 Å². The van der Waals surface area contributed by atoms with Gasteiger partial charge in [-0.3, -0.25) is 9.59 Å². The molecule has 3 N–H and O–H groups in total. The number of piperazine rings is 1. The number of rotatable bonds is 6. The molecular weight excluding hydrogens is 388 g/mol. The van der Waals surface area contributed by atoms with Gasteiger partial charge in [0.05, 0.1) is 26.3 Å². The van der Waals surface area contributed by atoms with Crippen LogP contribution in [0.3, 0.4) is 0 Å². The molecule has 4 amide bonds. The summed E-state index contributed by atoms with van der Waals surface area (Å²) in [7, 11) is 3.06. The second-order valence-electron chi connectivity index (χ2n) is 6.61. The normalized spacial score (nSPS) is 15.7. The SMILES string of the molecule is COc1ccc(NC(=O)C[C@H]2C(=O)NCCN2C(=O)Nc2ccccc2OC)cc1. The molecule has 0 saturated carbocycles. The molecule has 158 valence electrons. The molecule has 0 spiro atoms. The molecule has 0 bridgehead atoms. The Bertz CT molecular complexity index is 916. The van der Waals surface area contributed by atoms with Crippen molar-refractivity contribution in [3.05, 3.63) is 48.5 Å². The molecule has 30 heavy (non-hydrogen) atoms. The smallest absolute Gasteiger partial charge is 0.322 e. The first-order chi connectivity index (χ1) is 14.5. The number of hydrogen-bond donors (Lipinski definition) is 3. The van der Waals surface area contributed by atoms with Crippen molar-refractivity contribution in [1.82, 2.24) is 10.2 Å². The topological polar surface area (TPSA) is 109 Å². The third-order valence-electron chi connectivity index (χ3n) is 4.69. The third kappa shape index (κ3) is 4.99. The molecular formula is C21H24N4O5. The minimum Gasteiger partial charge on any atom is -0.497 e. The third-order valence-corrected chi connectivity index (χ3v) is 4.69. The molecule has 0 radical (unpaired) electrons. The fraction of sp³-hybridized carbons (Fsp3) is 0.286. The van der Waals surface area contributed by atoms with Crippen LogP contribution in [0.2, 0.25) is 0 Å². The first-order valence-corrected chi connectivity index (χ1v) is 9.44. The standard InChI is InChI=1S/C21H24N4O5/c1-29-15-9-7-14(8-10-15)23-19(26)13-17-20(27)22-11-12-25(17)21(28)24-16-5-3-4-6-18(16)30-2/h3-10,17H,11-13H2,1-2H3,(H,22,27)(H,23,26)(H,24,28)/t17-/m0/s1. The van der Waals surface area contributed by atoms with E-state index in [0.717, 1.165) is 0 Å². The van der Waals surface area contributed by atoms with Crippen LogP contribution in [0.4, 0.5) is 16.2 Å².